The predicted molar refractivity (Wildman–Crippen MR) is 72.0 cm³/mol. The van der Waals surface area contributed by atoms with E-state index in [1.54, 1.807) is 0 Å². The first kappa shape index (κ1) is 11.1. The van der Waals surface area contributed by atoms with E-state index >= 15 is 0 Å². The predicted octanol–water partition coefficient (Wildman–Crippen LogP) is 2.91. The third kappa shape index (κ3) is 2.06. The number of nitrogens with two attached hydrogens (primary N) is 1. The molecule has 1 heterocycles. The molecule has 1 saturated carbocycles. The average molecular weight is 230 g/mol. The Morgan fingerprint density at radius 1 is 1.18 bits per heavy atom. The van der Waals surface area contributed by atoms with Gasteiger partial charge in [-0.3, -0.25) is 0 Å². The van der Waals surface area contributed by atoms with Crippen LogP contribution < -0.4 is 10.6 Å². The van der Waals surface area contributed by atoms with Gasteiger partial charge in [0.2, 0.25) is 0 Å². The Labute approximate surface area is 104 Å². The van der Waals surface area contributed by atoms with Crippen LogP contribution in [0.5, 0.6) is 0 Å². The molecular weight excluding hydrogens is 208 g/mol. The maximum absolute atomic E-state index is 5.73. The molecule has 3 rings (SSSR count). The van der Waals surface area contributed by atoms with Gasteiger partial charge in [-0.2, -0.15) is 0 Å². The largest absolute Gasteiger partial charge is 0.368 e. The highest BCUT2D eigenvalue weighted by atomic mass is 15.2. The third-order valence-electron chi connectivity index (χ3n) is 4.49. The van der Waals surface area contributed by atoms with Crippen molar-refractivity contribution in [1.82, 2.24) is 0 Å². The van der Waals surface area contributed by atoms with Gasteiger partial charge < -0.3 is 10.6 Å². The number of fused-ring (bicyclic) bond motifs is 1. The van der Waals surface area contributed by atoms with Gasteiger partial charge >= 0.3 is 0 Å². The molecule has 2 aliphatic rings. The molecule has 17 heavy (non-hydrogen) atoms. The molecule has 0 spiro atoms. The van der Waals surface area contributed by atoms with Gasteiger partial charge in [-0.1, -0.05) is 25.0 Å². The van der Waals surface area contributed by atoms with Crippen molar-refractivity contribution in [3.63, 3.8) is 0 Å². The van der Waals surface area contributed by atoms with Gasteiger partial charge in [0, 0.05) is 24.8 Å². The van der Waals surface area contributed by atoms with Gasteiger partial charge in [-0.25, -0.2) is 0 Å². The van der Waals surface area contributed by atoms with Gasteiger partial charge in [0.25, 0.3) is 0 Å². The summed E-state index contributed by atoms with van der Waals surface area (Å²) in [4.78, 5) is 2.63. The van der Waals surface area contributed by atoms with E-state index in [0.29, 0.717) is 6.54 Å². The summed E-state index contributed by atoms with van der Waals surface area (Å²) in [6, 6.07) is 9.59. The zero-order valence-electron chi connectivity index (χ0n) is 10.4. The van der Waals surface area contributed by atoms with E-state index in [1.165, 1.54) is 49.9 Å². The third-order valence-corrected chi connectivity index (χ3v) is 4.49. The Hall–Kier alpha value is -1.02. The van der Waals surface area contributed by atoms with Crippen molar-refractivity contribution in [2.24, 2.45) is 11.7 Å². The van der Waals surface area contributed by atoms with Crippen molar-refractivity contribution in [1.29, 1.82) is 0 Å². The molecule has 2 nitrogen and oxygen atoms in total. The average Bonchev–Trinajstić information content (AvgIpc) is 2.82. The highest BCUT2D eigenvalue weighted by Crippen LogP contribution is 2.38. The molecule has 0 bridgehead atoms. The molecule has 2 N–H and O–H groups in total. The summed E-state index contributed by atoms with van der Waals surface area (Å²) >= 11 is 0. The molecule has 1 aromatic rings. The van der Waals surface area contributed by atoms with E-state index in [-0.39, 0.29) is 0 Å². The van der Waals surface area contributed by atoms with Crippen LogP contribution in [0.3, 0.4) is 0 Å². The summed E-state index contributed by atoms with van der Waals surface area (Å²) < 4.78 is 0. The first-order valence-electron chi connectivity index (χ1n) is 6.94. The second-order valence-corrected chi connectivity index (χ2v) is 5.47. The Morgan fingerprint density at radius 3 is 2.94 bits per heavy atom. The number of benzene rings is 1. The minimum Gasteiger partial charge on any atom is -0.368 e. The molecule has 2 atom stereocenters. The van der Waals surface area contributed by atoms with Gasteiger partial charge in [-0.15, -0.1) is 0 Å². The normalized spacial score (nSPS) is 28.2. The standard InChI is InChI=1S/C15H22N2/c16-11-12-4-3-6-14(10-12)17-9-8-13-5-1-2-7-15(13)17/h3-4,6,10,13,15H,1-2,5,7-9,11,16H2. The summed E-state index contributed by atoms with van der Waals surface area (Å²) in [6.07, 6.45) is 7.07. The highest BCUT2D eigenvalue weighted by Gasteiger charge is 2.35. The minimum atomic E-state index is 0.649. The maximum Gasteiger partial charge on any atom is 0.0372 e. The molecule has 1 aliphatic carbocycles. The number of anilines is 1. The molecule has 0 amide bonds. The van der Waals surface area contributed by atoms with Crippen molar-refractivity contribution in [3.05, 3.63) is 29.8 Å². The summed E-state index contributed by atoms with van der Waals surface area (Å²) in [5.41, 5.74) is 8.37. The first-order chi connectivity index (χ1) is 8.38. The maximum atomic E-state index is 5.73. The van der Waals surface area contributed by atoms with Gasteiger partial charge in [0.15, 0.2) is 0 Å². The first-order valence-corrected chi connectivity index (χ1v) is 6.94. The van der Waals surface area contributed by atoms with Crippen molar-refractivity contribution >= 4 is 5.69 Å². The van der Waals surface area contributed by atoms with Crippen molar-refractivity contribution in [3.8, 4) is 0 Å². The van der Waals surface area contributed by atoms with E-state index in [9.17, 15) is 0 Å². The van der Waals surface area contributed by atoms with Crippen LogP contribution in [0.2, 0.25) is 0 Å². The fraction of sp³-hybridized carbons (Fsp3) is 0.600. The second kappa shape index (κ2) is 4.69. The lowest BCUT2D eigenvalue weighted by Crippen LogP contribution is -2.34. The molecule has 1 saturated heterocycles. The Morgan fingerprint density at radius 2 is 2.06 bits per heavy atom. The van der Waals surface area contributed by atoms with Gasteiger partial charge in [0.05, 0.1) is 0 Å². The SMILES string of the molecule is NCc1cccc(N2CCC3CCCCC32)c1. The van der Waals surface area contributed by atoms with Crippen LogP contribution in [0.15, 0.2) is 24.3 Å². The summed E-state index contributed by atoms with van der Waals surface area (Å²) in [7, 11) is 0. The molecule has 1 aliphatic heterocycles. The van der Waals surface area contributed by atoms with Crippen LogP contribution in [-0.4, -0.2) is 12.6 Å². The summed E-state index contributed by atoms with van der Waals surface area (Å²) in [5, 5.41) is 0. The number of hydrogen-bond donors (Lipinski definition) is 1. The number of nitrogens with zero attached hydrogens (tertiary/aromatic N) is 1. The smallest absolute Gasteiger partial charge is 0.0372 e. The number of hydrogen-bond acceptors (Lipinski definition) is 2. The minimum absolute atomic E-state index is 0.649. The van der Waals surface area contributed by atoms with Crippen molar-refractivity contribution in [2.75, 3.05) is 11.4 Å². The van der Waals surface area contributed by atoms with Crippen LogP contribution in [-0.2, 0) is 6.54 Å². The van der Waals surface area contributed by atoms with Gasteiger partial charge in [0.1, 0.15) is 0 Å². The van der Waals surface area contributed by atoms with E-state index in [0.717, 1.165) is 12.0 Å². The highest BCUT2D eigenvalue weighted by molar-refractivity contribution is 5.50. The van der Waals surface area contributed by atoms with Crippen LogP contribution in [0.4, 0.5) is 5.69 Å². The Bertz CT molecular complexity index is 388. The second-order valence-electron chi connectivity index (χ2n) is 5.47. The molecule has 1 aromatic carbocycles. The van der Waals surface area contributed by atoms with E-state index < -0.39 is 0 Å². The van der Waals surface area contributed by atoms with Crippen molar-refractivity contribution in [2.45, 2.75) is 44.7 Å². The molecular formula is C15H22N2. The Kier molecular flexibility index (Phi) is 3.06. The van der Waals surface area contributed by atoms with Crippen LogP contribution in [0, 0.1) is 5.92 Å². The van der Waals surface area contributed by atoms with E-state index in [1.807, 2.05) is 0 Å². The quantitative estimate of drug-likeness (QED) is 0.846. The lowest BCUT2D eigenvalue weighted by molar-refractivity contribution is 0.342. The Balaban J connectivity index is 1.83. The zero-order chi connectivity index (χ0) is 11.7. The summed E-state index contributed by atoms with van der Waals surface area (Å²) in [5.74, 6) is 0.949. The topological polar surface area (TPSA) is 29.3 Å². The molecule has 2 heteroatoms. The monoisotopic (exact) mass is 230 g/mol. The molecule has 2 unspecified atom stereocenters. The fourth-order valence-electron chi connectivity index (χ4n) is 3.59. The van der Waals surface area contributed by atoms with E-state index in [4.69, 9.17) is 5.73 Å². The molecule has 0 radical (unpaired) electrons. The lowest BCUT2D eigenvalue weighted by Gasteiger charge is -2.33. The summed E-state index contributed by atoms with van der Waals surface area (Å²) in [6.45, 7) is 1.89. The molecule has 0 aromatic heterocycles. The van der Waals surface area contributed by atoms with E-state index in [2.05, 4.69) is 29.2 Å². The van der Waals surface area contributed by atoms with Crippen LogP contribution in [0.25, 0.3) is 0 Å². The zero-order valence-corrected chi connectivity index (χ0v) is 10.4. The van der Waals surface area contributed by atoms with Crippen molar-refractivity contribution < 1.29 is 0 Å². The van der Waals surface area contributed by atoms with Gasteiger partial charge in [-0.05, 0) is 42.9 Å². The number of rotatable bonds is 2. The molecule has 2 fully saturated rings. The van der Waals surface area contributed by atoms with Crippen LogP contribution in [0.1, 0.15) is 37.7 Å². The fourth-order valence-corrected chi connectivity index (χ4v) is 3.59. The molecule has 92 valence electrons. The lowest BCUT2D eigenvalue weighted by atomic mass is 9.85. The van der Waals surface area contributed by atoms with Crippen LogP contribution >= 0.6 is 0 Å².